The van der Waals surface area contributed by atoms with Crippen molar-refractivity contribution in [3.8, 4) is 0 Å². The Bertz CT molecular complexity index is 381. The van der Waals surface area contributed by atoms with Gasteiger partial charge < -0.3 is 9.22 Å². The van der Waals surface area contributed by atoms with Crippen LogP contribution >= 0.6 is 0 Å². The van der Waals surface area contributed by atoms with E-state index in [1.54, 1.807) is 0 Å². The van der Waals surface area contributed by atoms with E-state index in [1.165, 1.54) is 116 Å². The fourth-order valence-corrected chi connectivity index (χ4v) is 4.20. The number of hydrogen-bond donors (Lipinski definition) is 0. The molecule has 0 aromatic heterocycles. The third-order valence-electron chi connectivity index (χ3n) is 6.56. The van der Waals surface area contributed by atoms with Crippen molar-refractivity contribution in [3.63, 3.8) is 0 Å². The smallest absolute Gasteiger partial charge is 0.305 e. The lowest BCUT2D eigenvalue weighted by molar-refractivity contribution is -0.890. The van der Waals surface area contributed by atoms with Crippen LogP contribution in [-0.4, -0.2) is 44.2 Å². The van der Waals surface area contributed by atoms with Gasteiger partial charge in [0.1, 0.15) is 13.2 Å². The van der Waals surface area contributed by atoms with Gasteiger partial charge in [0.2, 0.25) is 0 Å². The zero-order valence-corrected chi connectivity index (χ0v) is 22.0. The Hall–Kier alpha value is -0.570. The summed E-state index contributed by atoms with van der Waals surface area (Å²) in [6.45, 7) is 7.19. The molecule has 0 aromatic rings. The first-order valence-electron chi connectivity index (χ1n) is 14.0. The van der Waals surface area contributed by atoms with Crippen molar-refractivity contribution in [1.82, 2.24) is 0 Å². The number of hydrogen-bond acceptors (Lipinski definition) is 2. The molecule has 0 amide bonds. The van der Waals surface area contributed by atoms with Gasteiger partial charge in [-0.05, 0) is 19.3 Å². The maximum atomic E-state index is 11.8. The molecule has 0 heterocycles. The summed E-state index contributed by atoms with van der Waals surface area (Å²) in [5, 5.41) is 0. The van der Waals surface area contributed by atoms with E-state index < -0.39 is 0 Å². The van der Waals surface area contributed by atoms with Crippen molar-refractivity contribution >= 4 is 5.97 Å². The molecule has 0 bridgehead atoms. The number of carbonyl (C=O) groups is 1. The van der Waals surface area contributed by atoms with Gasteiger partial charge in [0.15, 0.2) is 0 Å². The number of quaternary nitrogens is 1. The molecule has 3 nitrogen and oxygen atoms in total. The van der Waals surface area contributed by atoms with Crippen molar-refractivity contribution in [1.29, 1.82) is 0 Å². The first-order chi connectivity index (χ1) is 15.0. The van der Waals surface area contributed by atoms with Crippen LogP contribution in [0.1, 0.15) is 142 Å². The lowest BCUT2D eigenvalue weighted by atomic mass is 10.0. The van der Waals surface area contributed by atoms with Crippen LogP contribution < -0.4 is 0 Å². The Balaban J connectivity index is 3.41. The first kappa shape index (κ1) is 30.4. The zero-order valence-electron chi connectivity index (χ0n) is 22.0. The third-order valence-corrected chi connectivity index (χ3v) is 6.56. The predicted molar refractivity (Wildman–Crippen MR) is 136 cm³/mol. The molecule has 31 heavy (non-hydrogen) atoms. The molecule has 0 spiro atoms. The highest BCUT2D eigenvalue weighted by Gasteiger charge is 2.15. The maximum Gasteiger partial charge on any atom is 0.305 e. The minimum Gasteiger partial charge on any atom is -0.460 e. The number of unbranched alkanes of at least 4 members (excludes halogenated alkanes) is 17. The molecule has 0 fully saturated rings. The van der Waals surface area contributed by atoms with E-state index in [2.05, 4.69) is 27.9 Å². The quantitative estimate of drug-likeness (QED) is 0.0854. The number of carbonyl (C=O) groups excluding carboxylic acids is 1. The molecular weight excluding hydrogens is 382 g/mol. The number of rotatable bonds is 24. The summed E-state index contributed by atoms with van der Waals surface area (Å²) in [6.07, 6.45) is 26.2. The van der Waals surface area contributed by atoms with E-state index in [9.17, 15) is 4.79 Å². The number of esters is 1. The number of likely N-dealkylation sites (N-methyl/N-ethyl adjacent to an activating group) is 1. The molecule has 0 rings (SSSR count). The molecule has 0 saturated carbocycles. The monoisotopic (exact) mass is 440 g/mol. The molecule has 0 aromatic carbocycles. The third kappa shape index (κ3) is 23.9. The first-order valence-corrected chi connectivity index (χ1v) is 14.0. The van der Waals surface area contributed by atoms with Crippen molar-refractivity contribution in [2.75, 3.05) is 33.8 Å². The Morgan fingerprint density at radius 3 is 1.39 bits per heavy atom. The molecule has 0 radical (unpaired) electrons. The van der Waals surface area contributed by atoms with Gasteiger partial charge in [0.05, 0.1) is 20.6 Å². The Labute approximate surface area is 196 Å². The molecule has 0 aliphatic heterocycles. The number of nitrogens with zero attached hydrogens (tertiary/aromatic N) is 1. The van der Waals surface area contributed by atoms with Crippen LogP contribution in [-0.2, 0) is 9.53 Å². The molecule has 0 saturated heterocycles. The highest BCUT2D eigenvalue weighted by atomic mass is 16.5. The van der Waals surface area contributed by atoms with E-state index in [-0.39, 0.29) is 5.97 Å². The molecule has 0 unspecified atom stereocenters. The summed E-state index contributed by atoms with van der Waals surface area (Å²) in [4.78, 5) is 11.8. The summed E-state index contributed by atoms with van der Waals surface area (Å²) < 4.78 is 6.41. The van der Waals surface area contributed by atoms with Crippen LogP contribution in [0.25, 0.3) is 0 Å². The predicted octanol–water partition coefficient (Wildman–Crippen LogP) is 8.45. The van der Waals surface area contributed by atoms with Gasteiger partial charge in [-0.2, -0.15) is 0 Å². The van der Waals surface area contributed by atoms with Crippen molar-refractivity contribution in [3.05, 3.63) is 0 Å². The van der Waals surface area contributed by atoms with Crippen LogP contribution in [0.3, 0.4) is 0 Å². The second kappa shape index (κ2) is 22.6. The molecule has 0 N–H and O–H groups in total. The minimum atomic E-state index is -0.00649. The average Bonchev–Trinajstić information content (AvgIpc) is 2.73. The van der Waals surface area contributed by atoms with E-state index >= 15 is 0 Å². The summed E-state index contributed by atoms with van der Waals surface area (Å²) in [5.41, 5.74) is 0. The van der Waals surface area contributed by atoms with Crippen LogP contribution in [0.15, 0.2) is 0 Å². The topological polar surface area (TPSA) is 26.3 Å². The second-order valence-corrected chi connectivity index (χ2v) is 10.4. The maximum absolute atomic E-state index is 11.8. The molecule has 0 atom stereocenters. The van der Waals surface area contributed by atoms with Gasteiger partial charge in [-0.15, -0.1) is 0 Å². The second-order valence-electron chi connectivity index (χ2n) is 10.4. The fraction of sp³-hybridized carbons (Fsp3) is 0.964. The van der Waals surface area contributed by atoms with Gasteiger partial charge in [-0.25, -0.2) is 0 Å². The van der Waals surface area contributed by atoms with Crippen LogP contribution in [0.5, 0.6) is 0 Å². The minimum absolute atomic E-state index is 0.00649. The Morgan fingerprint density at radius 2 is 0.935 bits per heavy atom. The van der Waals surface area contributed by atoms with E-state index in [0.29, 0.717) is 13.0 Å². The molecular formula is C28H58NO2+. The van der Waals surface area contributed by atoms with Gasteiger partial charge >= 0.3 is 5.97 Å². The Morgan fingerprint density at radius 1 is 0.548 bits per heavy atom. The summed E-state index contributed by atoms with van der Waals surface area (Å²) in [6, 6.07) is 0. The van der Waals surface area contributed by atoms with Crippen LogP contribution in [0.2, 0.25) is 0 Å². The SMILES string of the molecule is CCCCCCCCCCCCCCCC[N+](C)(C)CCOC(=O)CCCCCCC. The fourth-order valence-electron chi connectivity index (χ4n) is 4.20. The summed E-state index contributed by atoms with van der Waals surface area (Å²) in [7, 11) is 4.53. The molecule has 3 heteroatoms. The molecule has 0 aliphatic carbocycles. The van der Waals surface area contributed by atoms with Gasteiger partial charge in [-0.1, -0.05) is 117 Å². The number of ether oxygens (including phenoxy) is 1. The van der Waals surface area contributed by atoms with Gasteiger partial charge in [0.25, 0.3) is 0 Å². The van der Waals surface area contributed by atoms with Crippen molar-refractivity contribution in [2.45, 2.75) is 142 Å². The summed E-state index contributed by atoms with van der Waals surface area (Å²) in [5.74, 6) is -0.00649. The van der Waals surface area contributed by atoms with Gasteiger partial charge in [0, 0.05) is 6.42 Å². The lowest BCUT2D eigenvalue weighted by Gasteiger charge is -2.29. The highest BCUT2D eigenvalue weighted by Crippen LogP contribution is 2.13. The lowest BCUT2D eigenvalue weighted by Crippen LogP contribution is -2.43. The van der Waals surface area contributed by atoms with Crippen LogP contribution in [0, 0.1) is 0 Å². The standard InChI is InChI=1S/C28H58NO2/c1-5-7-9-11-12-13-14-15-16-17-18-19-21-23-25-29(3,4)26-27-31-28(30)24-22-20-10-8-6-2/h5-27H2,1-4H3/q+1. The summed E-state index contributed by atoms with van der Waals surface area (Å²) >= 11 is 0. The van der Waals surface area contributed by atoms with Crippen LogP contribution in [0.4, 0.5) is 0 Å². The largest absolute Gasteiger partial charge is 0.460 e. The van der Waals surface area contributed by atoms with Crippen molar-refractivity contribution in [2.24, 2.45) is 0 Å². The average molecular weight is 441 g/mol. The van der Waals surface area contributed by atoms with E-state index in [0.717, 1.165) is 23.9 Å². The normalized spacial score (nSPS) is 11.7. The Kier molecular flexibility index (Phi) is 22.2. The molecule has 186 valence electrons. The van der Waals surface area contributed by atoms with Crippen molar-refractivity contribution < 1.29 is 14.0 Å². The van der Waals surface area contributed by atoms with E-state index in [1.807, 2.05) is 0 Å². The highest BCUT2D eigenvalue weighted by molar-refractivity contribution is 5.69. The molecule has 0 aliphatic rings. The van der Waals surface area contributed by atoms with E-state index in [4.69, 9.17) is 4.74 Å². The van der Waals surface area contributed by atoms with Gasteiger partial charge in [-0.3, -0.25) is 4.79 Å². The zero-order chi connectivity index (χ0) is 23.0.